The smallest absolute Gasteiger partial charge is 0.365 e. The lowest BCUT2D eigenvalue weighted by atomic mass is 10.2. The zero-order valence-corrected chi connectivity index (χ0v) is 14.6. The van der Waals surface area contributed by atoms with Gasteiger partial charge in [0, 0.05) is 31.1 Å². The third kappa shape index (κ3) is 4.03. The fourth-order valence-corrected chi connectivity index (χ4v) is 3.44. The van der Waals surface area contributed by atoms with E-state index in [0.29, 0.717) is 10.9 Å². The number of aromatic nitrogens is 2. The number of nitrogens with zero attached hydrogens (tertiary/aromatic N) is 3. The summed E-state index contributed by atoms with van der Waals surface area (Å²) in [6.45, 7) is 2.48. The molecule has 2 heterocycles. The Balaban J connectivity index is 1.53. The lowest BCUT2D eigenvalue weighted by Gasteiger charge is -2.18. The lowest BCUT2D eigenvalue weighted by Crippen LogP contribution is -2.27. The van der Waals surface area contributed by atoms with Gasteiger partial charge in [-0.3, -0.25) is 4.90 Å². The predicted molar refractivity (Wildman–Crippen MR) is 98.3 cm³/mol. The number of hydrogen-bond donors (Lipinski definition) is 1. The van der Waals surface area contributed by atoms with Gasteiger partial charge in [-0.25, -0.2) is 9.97 Å². The van der Waals surface area contributed by atoms with Crippen molar-refractivity contribution in [2.75, 3.05) is 18.4 Å². The zero-order valence-electron chi connectivity index (χ0n) is 14.6. The molecule has 0 saturated carbocycles. The summed E-state index contributed by atoms with van der Waals surface area (Å²) in [5, 5.41) is 3.82. The number of alkyl halides is 3. The first-order valence-electron chi connectivity index (χ1n) is 8.86. The van der Waals surface area contributed by atoms with Gasteiger partial charge >= 0.3 is 6.18 Å². The Morgan fingerprint density at radius 3 is 2.52 bits per heavy atom. The number of anilines is 1. The molecule has 1 saturated heterocycles. The molecule has 0 bridgehead atoms. The summed E-state index contributed by atoms with van der Waals surface area (Å²) < 4.78 is 39.5. The van der Waals surface area contributed by atoms with Crippen LogP contribution in [0, 0.1) is 0 Å². The largest absolute Gasteiger partial charge is 0.451 e. The summed E-state index contributed by atoms with van der Waals surface area (Å²) in [6, 6.07) is 17.0. The Bertz CT molecular complexity index is 927. The van der Waals surface area contributed by atoms with Crippen molar-refractivity contribution in [2.45, 2.75) is 25.2 Å². The molecule has 1 aliphatic rings. The molecule has 3 aromatic rings. The summed E-state index contributed by atoms with van der Waals surface area (Å²) in [6.07, 6.45) is -3.72. The van der Waals surface area contributed by atoms with Gasteiger partial charge in [0.05, 0.1) is 5.52 Å². The van der Waals surface area contributed by atoms with Crippen molar-refractivity contribution >= 4 is 16.7 Å². The van der Waals surface area contributed by atoms with Crippen LogP contribution < -0.4 is 5.32 Å². The first kappa shape index (κ1) is 17.7. The van der Waals surface area contributed by atoms with E-state index >= 15 is 0 Å². The van der Waals surface area contributed by atoms with E-state index in [9.17, 15) is 13.2 Å². The lowest BCUT2D eigenvalue weighted by molar-refractivity contribution is -0.144. The highest BCUT2D eigenvalue weighted by molar-refractivity contribution is 5.89. The van der Waals surface area contributed by atoms with Crippen molar-refractivity contribution in [3.05, 3.63) is 66.0 Å². The van der Waals surface area contributed by atoms with E-state index in [1.165, 1.54) is 5.56 Å². The minimum atomic E-state index is -4.57. The second-order valence-electron chi connectivity index (χ2n) is 6.76. The number of rotatable bonds is 4. The van der Waals surface area contributed by atoms with Gasteiger partial charge in [0.15, 0.2) is 0 Å². The second kappa shape index (κ2) is 7.15. The number of halogens is 3. The van der Waals surface area contributed by atoms with Gasteiger partial charge in [0.25, 0.3) is 0 Å². The quantitative estimate of drug-likeness (QED) is 0.740. The molecule has 4 rings (SSSR count). The average Bonchev–Trinajstić information content (AvgIpc) is 3.08. The summed E-state index contributed by atoms with van der Waals surface area (Å²) in [7, 11) is 0. The topological polar surface area (TPSA) is 41.1 Å². The van der Waals surface area contributed by atoms with Crippen molar-refractivity contribution in [3.63, 3.8) is 0 Å². The van der Waals surface area contributed by atoms with Crippen molar-refractivity contribution in [2.24, 2.45) is 0 Å². The average molecular weight is 372 g/mol. The normalized spacial score (nSPS) is 18.1. The third-order valence-electron chi connectivity index (χ3n) is 4.72. The van der Waals surface area contributed by atoms with Crippen LogP contribution in [0.5, 0.6) is 0 Å². The van der Waals surface area contributed by atoms with Crippen LogP contribution >= 0.6 is 0 Å². The molecule has 2 aromatic carbocycles. The first-order valence-corrected chi connectivity index (χ1v) is 8.86. The van der Waals surface area contributed by atoms with E-state index < -0.39 is 12.0 Å². The van der Waals surface area contributed by atoms with E-state index in [-0.39, 0.29) is 11.9 Å². The molecule has 1 aromatic heterocycles. The minimum absolute atomic E-state index is 0.0492. The highest BCUT2D eigenvalue weighted by atomic mass is 19.4. The van der Waals surface area contributed by atoms with E-state index in [0.717, 1.165) is 26.1 Å². The molecule has 1 N–H and O–H groups in total. The van der Waals surface area contributed by atoms with Crippen LogP contribution in [0.4, 0.5) is 19.0 Å². The van der Waals surface area contributed by atoms with Crippen LogP contribution in [0.2, 0.25) is 0 Å². The maximum Gasteiger partial charge on any atom is 0.451 e. The zero-order chi connectivity index (χ0) is 18.9. The molecule has 7 heteroatoms. The Morgan fingerprint density at radius 1 is 1.00 bits per heavy atom. The molecule has 0 spiro atoms. The summed E-state index contributed by atoms with van der Waals surface area (Å²) in [4.78, 5) is 9.74. The van der Waals surface area contributed by atoms with E-state index in [1.807, 2.05) is 18.2 Å². The van der Waals surface area contributed by atoms with Crippen LogP contribution in [0.15, 0.2) is 54.6 Å². The second-order valence-corrected chi connectivity index (χ2v) is 6.76. The van der Waals surface area contributed by atoms with Crippen LogP contribution in [-0.4, -0.2) is 34.0 Å². The molecular formula is C20H19F3N4. The van der Waals surface area contributed by atoms with Gasteiger partial charge in [-0.2, -0.15) is 13.2 Å². The van der Waals surface area contributed by atoms with Crippen LogP contribution in [0.1, 0.15) is 17.8 Å². The van der Waals surface area contributed by atoms with Crippen molar-refractivity contribution in [1.29, 1.82) is 0 Å². The fourth-order valence-electron chi connectivity index (χ4n) is 3.44. The molecule has 0 aliphatic carbocycles. The highest BCUT2D eigenvalue weighted by Crippen LogP contribution is 2.31. The molecule has 1 fully saturated rings. The number of para-hydroxylation sites is 1. The molecule has 4 nitrogen and oxygen atoms in total. The number of likely N-dealkylation sites (tertiary alicyclic amines) is 1. The number of benzene rings is 2. The highest BCUT2D eigenvalue weighted by Gasteiger charge is 2.36. The maximum absolute atomic E-state index is 13.2. The molecular weight excluding hydrogens is 353 g/mol. The molecule has 27 heavy (non-hydrogen) atoms. The van der Waals surface area contributed by atoms with E-state index in [4.69, 9.17) is 0 Å². The van der Waals surface area contributed by atoms with Gasteiger partial charge < -0.3 is 5.32 Å². The van der Waals surface area contributed by atoms with E-state index in [1.54, 1.807) is 24.3 Å². The maximum atomic E-state index is 13.2. The number of hydrogen-bond acceptors (Lipinski definition) is 4. The van der Waals surface area contributed by atoms with Crippen molar-refractivity contribution in [3.8, 4) is 0 Å². The van der Waals surface area contributed by atoms with Gasteiger partial charge in [0.1, 0.15) is 5.82 Å². The van der Waals surface area contributed by atoms with Gasteiger partial charge in [-0.1, -0.05) is 42.5 Å². The van der Waals surface area contributed by atoms with Crippen LogP contribution in [0.3, 0.4) is 0 Å². The summed E-state index contributed by atoms with van der Waals surface area (Å²) in [5.41, 5.74) is 1.52. The fraction of sp³-hybridized carbons (Fsp3) is 0.300. The monoisotopic (exact) mass is 372 g/mol. The van der Waals surface area contributed by atoms with Crippen molar-refractivity contribution in [1.82, 2.24) is 14.9 Å². The van der Waals surface area contributed by atoms with Gasteiger partial charge in [-0.15, -0.1) is 0 Å². The Kier molecular flexibility index (Phi) is 4.70. The summed E-state index contributed by atoms with van der Waals surface area (Å²) in [5.74, 6) is -0.859. The SMILES string of the molecule is FC(F)(F)c1nc(N[C@H]2CCN(Cc3ccccc3)C2)c2ccccc2n1. The number of fused-ring (bicyclic) bond motifs is 1. The third-order valence-corrected chi connectivity index (χ3v) is 4.72. The van der Waals surface area contributed by atoms with Crippen LogP contribution in [-0.2, 0) is 12.7 Å². The molecule has 0 unspecified atom stereocenters. The molecule has 1 atom stereocenters. The summed E-state index contributed by atoms with van der Waals surface area (Å²) >= 11 is 0. The van der Waals surface area contributed by atoms with Gasteiger partial charge in [0.2, 0.25) is 5.82 Å². The van der Waals surface area contributed by atoms with Gasteiger partial charge in [-0.05, 0) is 24.1 Å². The molecule has 1 aliphatic heterocycles. The van der Waals surface area contributed by atoms with Crippen LogP contribution in [0.25, 0.3) is 10.9 Å². The predicted octanol–water partition coefficient (Wildman–Crippen LogP) is 4.34. The Morgan fingerprint density at radius 2 is 1.74 bits per heavy atom. The Hall–Kier alpha value is -2.67. The molecule has 0 radical (unpaired) electrons. The standard InChI is InChI=1S/C20H19F3N4/c21-20(22,23)19-25-17-9-5-4-8-16(17)18(26-19)24-15-10-11-27(13-15)12-14-6-2-1-3-7-14/h1-9,15H,10-13H2,(H,24,25,26)/t15-/m0/s1. The Labute approximate surface area is 155 Å². The van der Waals surface area contributed by atoms with E-state index in [2.05, 4.69) is 32.3 Å². The minimum Gasteiger partial charge on any atom is -0.365 e. The number of nitrogens with one attached hydrogen (secondary N) is 1. The molecule has 0 amide bonds. The molecule has 140 valence electrons. The van der Waals surface area contributed by atoms with Crippen molar-refractivity contribution < 1.29 is 13.2 Å². The first-order chi connectivity index (χ1) is 13.0.